The highest BCUT2D eigenvalue weighted by atomic mass is 19.1. The van der Waals surface area contributed by atoms with E-state index in [4.69, 9.17) is 5.26 Å². The Morgan fingerprint density at radius 1 is 1.80 bits per heavy atom. The third kappa shape index (κ3) is 3.02. The van der Waals surface area contributed by atoms with Crippen LogP contribution in [0, 0.1) is 17.1 Å². The van der Waals surface area contributed by atoms with Gasteiger partial charge in [0, 0.05) is 12.2 Å². The molecule has 15 heavy (non-hydrogen) atoms. The minimum absolute atomic E-state index is 0.0604. The summed E-state index contributed by atoms with van der Waals surface area (Å²) < 4.78 is 13.1. The molecule has 78 valence electrons. The molecule has 1 aromatic rings. The standard InChI is InChI=1S/C10H10FN3O/c1-7(2-4-12)14-10(15)8-3-5-13-6-9(8)11/h3,5-7H,2H2,1H3,(H,14,15). The Morgan fingerprint density at radius 3 is 3.13 bits per heavy atom. The summed E-state index contributed by atoms with van der Waals surface area (Å²) in [5.74, 6) is -1.20. The first-order valence-electron chi connectivity index (χ1n) is 4.42. The first-order chi connectivity index (χ1) is 7.15. The summed E-state index contributed by atoms with van der Waals surface area (Å²) in [6.45, 7) is 1.68. The molecular formula is C10H10FN3O. The lowest BCUT2D eigenvalue weighted by Crippen LogP contribution is -2.32. The number of halogens is 1. The molecule has 0 radical (unpaired) electrons. The van der Waals surface area contributed by atoms with Crippen LogP contribution in [-0.4, -0.2) is 16.9 Å². The first kappa shape index (κ1) is 11.1. The lowest BCUT2D eigenvalue weighted by molar-refractivity contribution is 0.0936. The average Bonchev–Trinajstić information content (AvgIpc) is 2.18. The van der Waals surface area contributed by atoms with Crippen LogP contribution in [0.25, 0.3) is 0 Å². The molecular weight excluding hydrogens is 197 g/mol. The number of amides is 1. The zero-order valence-corrected chi connectivity index (χ0v) is 8.20. The largest absolute Gasteiger partial charge is 0.348 e. The predicted octanol–water partition coefficient (Wildman–Crippen LogP) is 1.25. The average molecular weight is 207 g/mol. The van der Waals surface area contributed by atoms with E-state index in [0.717, 1.165) is 6.20 Å². The molecule has 0 aromatic carbocycles. The number of nitrogens with zero attached hydrogens (tertiary/aromatic N) is 2. The third-order valence-electron chi connectivity index (χ3n) is 1.79. The van der Waals surface area contributed by atoms with Crippen molar-refractivity contribution in [2.45, 2.75) is 19.4 Å². The molecule has 0 aliphatic heterocycles. The molecule has 1 heterocycles. The maximum Gasteiger partial charge on any atom is 0.254 e. The van der Waals surface area contributed by atoms with Gasteiger partial charge in [-0.15, -0.1) is 0 Å². The minimum atomic E-state index is -0.667. The van der Waals surface area contributed by atoms with Gasteiger partial charge in [-0.25, -0.2) is 4.39 Å². The van der Waals surface area contributed by atoms with Crippen LogP contribution < -0.4 is 5.32 Å². The van der Waals surface area contributed by atoms with Gasteiger partial charge in [0.05, 0.1) is 24.3 Å². The fraction of sp³-hybridized carbons (Fsp3) is 0.300. The van der Waals surface area contributed by atoms with Crippen LogP contribution >= 0.6 is 0 Å². The lowest BCUT2D eigenvalue weighted by atomic mass is 10.2. The summed E-state index contributed by atoms with van der Waals surface area (Å²) in [7, 11) is 0. The van der Waals surface area contributed by atoms with Crippen molar-refractivity contribution < 1.29 is 9.18 Å². The van der Waals surface area contributed by atoms with Crippen molar-refractivity contribution in [3.8, 4) is 6.07 Å². The van der Waals surface area contributed by atoms with E-state index in [1.54, 1.807) is 6.92 Å². The summed E-state index contributed by atoms with van der Waals surface area (Å²) in [6.07, 6.45) is 2.51. The maximum atomic E-state index is 13.1. The number of aromatic nitrogens is 1. The van der Waals surface area contributed by atoms with Gasteiger partial charge in [-0.1, -0.05) is 0 Å². The lowest BCUT2D eigenvalue weighted by Gasteiger charge is -2.10. The van der Waals surface area contributed by atoms with Crippen LogP contribution in [0.1, 0.15) is 23.7 Å². The second kappa shape index (κ2) is 5.05. The molecule has 4 nitrogen and oxygen atoms in total. The van der Waals surface area contributed by atoms with E-state index in [9.17, 15) is 9.18 Å². The smallest absolute Gasteiger partial charge is 0.254 e. The number of hydrogen-bond acceptors (Lipinski definition) is 3. The molecule has 0 aliphatic carbocycles. The normalized spacial score (nSPS) is 11.5. The summed E-state index contributed by atoms with van der Waals surface area (Å²) in [6, 6.07) is 2.92. The molecule has 1 amide bonds. The van der Waals surface area contributed by atoms with Crippen LogP contribution in [0.15, 0.2) is 18.5 Å². The molecule has 0 saturated carbocycles. The van der Waals surface area contributed by atoms with Crippen LogP contribution in [0.3, 0.4) is 0 Å². The quantitative estimate of drug-likeness (QED) is 0.811. The monoisotopic (exact) mass is 207 g/mol. The Hall–Kier alpha value is -1.96. The second-order valence-corrected chi connectivity index (χ2v) is 3.09. The maximum absolute atomic E-state index is 13.1. The summed E-state index contributed by atoms with van der Waals surface area (Å²) in [4.78, 5) is 15.0. The number of pyridine rings is 1. The van der Waals surface area contributed by atoms with Crippen LogP contribution in [0.5, 0.6) is 0 Å². The van der Waals surface area contributed by atoms with Crippen molar-refractivity contribution in [3.05, 3.63) is 29.8 Å². The number of nitrogens with one attached hydrogen (secondary N) is 1. The third-order valence-corrected chi connectivity index (χ3v) is 1.79. The predicted molar refractivity (Wildman–Crippen MR) is 51.4 cm³/mol. The van der Waals surface area contributed by atoms with Crippen molar-refractivity contribution in [2.75, 3.05) is 0 Å². The number of carbonyl (C=O) groups excluding carboxylic acids is 1. The Bertz CT molecular complexity index is 400. The molecule has 5 heteroatoms. The van der Waals surface area contributed by atoms with Crippen LogP contribution in [0.2, 0.25) is 0 Å². The van der Waals surface area contributed by atoms with E-state index in [2.05, 4.69) is 10.3 Å². The highest BCUT2D eigenvalue weighted by Crippen LogP contribution is 2.04. The zero-order chi connectivity index (χ0) is 11.3. The zero-order valence-electron chi connectivity index (χ0n) is 8.20. The molecule has 0 fully saturated rings. The van der Waals surface area contributed by atoms with Crippen molar-refractivity contribution in [1.82, 2.24) is 10.3 Å². The van der Waals surface area contributed by atoms with Gasteiger partial charge >= 0.3 is 0 Å². The van der Waals surface area contributed by atoms with Crippen molar-refractivity contribution in [1.29, 1.82) is 5.26 Å². The SMILES string of the molecule is CC(CC#N)NC(=O)c1ccncc1F. The van der Waals surface area contributed by atoms with Crippen LogP contribution in [0.4, 0.5) is 4.39 Å². The van der Waals surface area contributed by atoms with Gasteiger partial charge in [0.2, 0.25) is 0 Å². The summed E-state index contributed by atoms with van der Waals surface area (Å²) >= 11 is 0. The Balaban J connectivity index is 2.70. The molecule has 0 bridgehead atoms. The molecule has 0 saturated heterocycles. The Labute approximate surface area is 86.7 Å². The number of nitriles is 1. The number of hydrogen-bond donors (Lipinski definition) is 1. The van der Waals surface area contributed by atoms with E-state index >= 15 is 0 Å². The van der Waals surface area contributed by atoms with Gasteiger partial charge in [0.1, 0.15) is 0 Å². The summed E-state index contributed by atoms with van der Waals surface area (Å²) in [5.41, 5.74) is -0.0604. The van der Waals surface area contributed by atoms with Gasteiger partial charge in [-0.3, -0.25) is 9.78 Å². The molecule has 1 N–H and O–H groups in total. The molecule has 1 unspecified atom stereocenters. The van der Waals surface area contributed by atoms with Gasteiger partial charge in [0.25, 0.3) is 5.91 Å². The number of carbonyl (C=O) groups is 1. The van der Waals surface area contributed by atoms with E-state index in [0.29, 0.717) is 0 Å². The van der Waals surface area contributed by atoms with E-state index in [-0.39, 0.29) is 18.0 Å². The highest BCUT2D eigenvalue weighted by Gasteiger charge is 2.13. The van der Waals surface area contributed by atoms with E-state index in [1.165, 1.54) is 12.3 Å². The van der Waals surface area contributed by atoms with Crippen molar-refractivity contribution in [2.24, 2.45) is 0 Å². The fourth-order valence-corrected chi connectivity index (χ4v) is 1.05. The van der Waals surface area contributed by atoms with Crippen molar-refractivity contribution >= 4 is 5.91 Å². The molecule has 1 aromatic heterocycles. The van der Waals surface area contributed by atoms with Gasteiger partial charge in [0.15, 0.2) is 5.82 Å². The van der Waals surface area contributed by atoms with E-state index in [1.807, 2.05) is 6.07 Å². The van der Waals surface area contributed by atoms with Gasteiger partial charge in [-0.05, 0) is 13.0 Å². The Kier molecular flexibility index (Phi) is 3.75. The second-order valence-electron chi connectivity index (χ2n) is 3.09. The number of rotatable bonds is 3. The fourth-order valence-electron chi connectivity index (χ4n) is 1.05. The van der Waals surface area contributed by atoms with Crippen molar-refractivity contribution in [3.63, 3.8) is 0 Å². The van der Waals surface area contributed by atoms with Gasteiger partial charge in [-0.2, -0.15) is 5.26 Å². The Morgan fingerprint density at radius 2 is 2.53 bits per heavy atom. The summed E-state index contributed by atoms with van der Waals surface area (Å²) in [5, 5.41) is 10.9. The topological polar surface area (TPSA) is 65.8 Å². The molecule has 0 spiro atoms. The molecule has 0 aliphatic rings. The molecule has 1 rings (SSSR count). The molecule has 1 atom stereocenters. The van der Waals surface area contributed by atoms with E-state index < -0.39 is 11.7 Å². The van der Waals surface area contributed by atoms with Crippen LogP contribution in [-0.2, 0) is 0 Å². The minimum Gasteiger partial charge on any atom is -0.348 e. The highest BCUT2D eigenvalue weighted by molar-refractivity contribution is 5.94. The first-order valence-corrected chi connectivity index (χ1v) is 4.42. The van der Waals surface area contributed by atoms with Gasteiger partial charge < -0.3 is 5.32 Å².